The Morgan fingerprint density at radius 3 is 2.53 bits per heavy atom. The van der Waals surface area contributed by atoms with E-state index >= 15 is 0 Å². The van der Waals surface area contributed by atoms with Crippen molar-refractivity contribution in [2.45, 2.75) is 12.1 Å². The minimum Gasteiger partial charge on any atom is -0.329 e. The van der Waals surface area contributed by atoms with Crippen LogP contribution in [0.3, 0.4) is 0 Å². The minimum absolute atomic E-state index is 0.432. The molecular formula is C11H13FN2O. The topological polar surface area (TPSA) is 41.1 Å². The maximum Gasteiger partial charge on any atom is 0.211 e. The zero-order valence-corrected chi connectivity index (χ0v) is 8.29. The smallest absolute Gasteiger partial charge is 0.211 e. The Labute approximate surface area is 87.7 Å². The van der Waals surface area contributed by atoms with Crippen molar-refractivity contribution in [3.63, 3.8) is 0 Å². The molecule has 1 amide bonds. The minimum atomic E-state index is -1.08. The molecule has 15 heavy (non-hydrogen) atoms. The Morgan fingerprint density at radius 1 is 1.40 bits per heavy atom. The summed E-state index contributed by atoms with van der Waals surface area (Å²) in [4.78, 5) is 10.2. The SMILES string of the molecule is O=CNc1ccc(CC2(F)CNC2)cc1. The van der Waals surface area contributed by atoms with Gasteiger partial charge in [0.2, 0.25) is 6.41 Å². The lowest BCUT2D eigenvalue weighted by Gasteiger charge is -2.35. The largest absolute Gasteiger partial charge is 0.329 e. The summed E-state index contributed by atoms with van der Waals surface area (Å²) in [5, 5.41) is 5.46. The van der Waals surface area contributed by atoms with Gasteiger partial charge in [0, 0.05) is 25.2 Å². The van der Waals surface area contributed by atoms with Crippen molar-refractivity contribution in [3.8, 4) is 0 Å². The maximum atomic E-state index is 13.7. The lowest BCUT2D eigenvalue weighted by atomic mass is 9.91. The molecule has 80 valence electrons. The number of alkyl halides is 1. The Bertz CT molecular complexity index is 346. The van der Waals surface area contributed by atoms with Crippen molar-refractivity contribution in [2.75, 3.05) is 18.4 Å². The van der Waals surface area contributed by atoms with E-state index in [4.69, 9.17) is 0 Å². The van der Waals surface area contributed by atoms with E-state index in [1.54, 1.807) is 12.1 Å². The van der Waals surface area contributed by atoms with Gasteiger partial charge in [-0.15, -0.1) is 0 Å². The van der Waals surface area contributed by atoms with E-state index in [2.05, 4.69) is 10.6 Å². The van der Waals surface area contributed by atoms with Crippen molar-refractivity contribution >= 4 is 12.1 Å². The Balaban J connectivity index is 2.00. The number of nitrogens with one attached hydrogen (secondary N) is 2. The molecule has 0 atom stereocenters. The van der Waals surface area contributed by atoms with E-state index in [9.17, 15) is 9.18 Å². The van der Waals surface area contributed by atoms with E-state index in [1.165, 1.54) is 0 Å². The normalized spacial score (nSPS) is 17.9. The van der Waals surface area contributed by atoms with Gasteiger partial charge in [0.25, 0.3) is 0 Å². The van der Waals surface area contributed by atoms with Crippen molar-refractivity contribution < 1.29 is 9.18 Å². The number of hydrogen-bond donors (Lipinski definition) is 2. The third kappa shape index (κ3) is 2.33. The molecule has 4 heteroatoms. The highest BCUT2D eigenvalue weighted by Gasteiger charge is 2.36. The lowest BCUT2D eigenvalue weighted by molar-refractivity contribution is -0.105. The highest BCUT2D eigenvalue weighted by atomic mass is 19.1. The van der Waals surface area contributed by atoms with Crippen LogP contribution in [0.4, 0.5) is 10.1 Å². The van der Waals surface area contributed by atoms with Gasteiger partial charge in [0.05, 0.1) is 0 Å². The molecule has 2 rings (SSSR count). The van der Waals surface area contributed by atoms with E-state index in [0.29, 0.717) is 25.9 Å². The monoisotopic (exact) mass is 208 g/mol. The molecule has 1 heterocycles. The molecule has 1 fully saturated rings. The number of halogens is 1. The summed E-state index contributed by atoms with van der Waals surface area (Å²) >= 11 is 0. The number of anilines is 1. The van der Waals surface area contributed by atoms with Gasteiger partial charge in [0.15, 0.2) is 0 Å². The summed E-state index contributed by atoms with van der Waals surface area (Å²) < 4.78 is 13.7. The predicted molar refractivity (Wildman–Crippen MR) is 56.5 cm³/mol. The van der Waals surface area contributed by atoms with Gasteiger partial charge in [-0.1, -0.05) is 12.1 Å². The third-order valence-corrected chi connectivity index (χ3v) is 2.58. The zero-order chi connectivity index (χ0) is 10.7. The fourth-order valence-electron chi connectivity index (χ4n) is 1.67. The third-order valence-electron chi connectivity index (χ3n) is 2.58. The zero-order valence-electron chi connectivity index (χ0n) is 8.29. The molecular weight excluding hydrogens is 195 g/mol. The van der Waals surface area contributed by atoms with Gasteiger partial charge in [-0.25, -0.2) is 4.39 Å². The van der Waals surface area contributed by atoms with Gasteiger partial charge >= 0.3 is 0 Å². The second-order valence-electron chi connectivity index (χ2n) is 3.89. The van der Waals surface area contributed by atoms with E-state index < -0.39 is 5.67 Å². The Hall–Kier alpha value is -1.42. The Kier molecular flexibility index (Phi) is 2.68. The molecule has 0 bridgehead atoms. The van der Waals surface area contributed by atoms with E-state index in [1.807, 2.05) is 12.1 Å². The van der Waals surface area contributed by atoms with Crippen LogP contribution in [0.15, 0.2) is 24.3 Å². The van der Waals surface area contributed by atoms with E-state index in [-0.39, 0.29) is 0 Å². The first-order chi connectivity index (χ1) is 7.22. The molecule has 0 aliphatic carbocycles. The van der Waals surface area contributed by atoms with Gasteiger partial charge in [0.1, 0.15) is 5.67 Å². The lowest BCUT2D eigenvalue weighted by Crippen LogP contribution is -2.57. The van der Waals surface area contributed by atoms with Gasteiger partial charge in [-0.05, 0) is 17.7 Å². The van der Waals surface area contributed by atoms with E-state index in [0.717, 1.165) is 11.3 Å². The molecule has 3 nitrogen and oxygen atoms in total. The highest BCUT2D eigenvalue weighted by molar-refractivity contribution is 5.71. The van der Waals surface area contributed by atoms with Crippen LogP contribution in [0.2, 0.25) is 0 Å². The number of benzene rings is 1. The average molecular weight is 208 g/mol. The van der Waals surface area contributed by atoms with Crippen LogP contribution in [0.5, 0.6) is 0 Å². The Morgan fingerprint density at radius 2 is 2.07 bits per heavy atom. The van der Waals surface area contributed by atoms with Gasteiger partial charge in [-0.2, -0.15) is 0 Å². The second-order valence-corrected chi connectivity index (χ2v) is 3.89. The summed E-state index contributed by atoms with van der Waals surface area (Å²) in [6.45, 7) is 0.864. The van der Waals surface area contributed by atoms with Crippen LogP contribution < -0.4 is 10.6 Å². The first-order valence-corrected chi connectivity index (χ1v) is 4.91. The summed E-state index contributed by atoms with van der Waals surface area (Å²) in [6, 6.07) is 7.23. The maximum absolute atomic E-state index is 13.7. The molecule has 0 saturated carbocycles. The van der Waals surface area contributed by atoms with Crippen LogP contribution >= 0.6 is 0 Å². The number of rotatable bonds is 4. The molecule has 0 aromatic heterocycles. The number of amides is 1. The van der Waals surface area contributed by atoms with Crippen LogP contribution in [-0.2, 0) is 11.2 Å². The molecule has 1 saturated heterocycles. The molecule has 0 spiro atoms. The van der Waals surface area contributed by atoms with Crippen LogP contribution in [0.25, 0.3) is 0 Å². The highest BCUT2D eigenvalue weighted by Crippen LogP contribution is 2.23. The van der Waals surface area contributed by atoms with Crippen LogP contribution in [0.1, 0.15) is 5.56 Å². The first-order valence-electron chi connectivity index (χ1n) is 4.91. The van der Waals surface area contributed by atoms with Crippen LogP contribution in [-0.4, -0.2) is 25.2 Å². The summed E-state index contributed by atoms with van der Waals surface area (Å²) in [7, 11) is 0. The summed E-state index contributed by atoms with van der Waals surface area (Å²) in [6.07, 6.45) is 1.06. The van der Waals surface area contributed by atoms with Gasteiger partial charge in [-0.3, -0.25) is 4.79 Å². The second kappa shape index (κ2) is 3.98. The number of hydrogen-bond acceptors (Lipinski definition) is 2. The standard InChI is InChI=1S/C11H13FN2O/c12-11(6-13-7-11)5-9-1-3-10(4-2-9)14-8-15/h1-4,8,13H,5-7H2,(H,14,15). The van der Waals surface area contributed by atoms with Crippen molar-refractivity contribution in [1.29, 1.82) is 0 Å². The first kappa shape index (κ1) is 10.1. The van der Waals surface area contributed by atoms with Crippen LogP contribution in [0, 0.1) is 0 Å². The molecule has 0 unspecified atom stereocenters. The van der Waals surface area contributed by atoms with Crippen molar-refractivity contribution in [3.05, 3.63) is 29.8 Å². The number of carbonyl (C=O) groups is 1. The molecule has 1 aliphatic rings. The molecule has 1 aliphatic heterocycles. The molecule has 1 aromatic rings. The predicted octanol–water partition coefficient (Wildman–Crippen LogP) is 1.11. The summed E-state index contributed by atoms with van der Waals surface area (Å²) in [5.41, 5.74) is 0.600. The molecule has 1 aromatic carbocycles. The molecule has 0 radical (unpaired) electrons. The van der Waals surface area contributed by atoms with Gasteiger partial charge < -0.3 is 10.6 Å². The molecule has 2 N–H and O–H groups in total. The number of carbonyl (C=O) groups excluding carboxylic acids is 1. The average Bonchev–Trinajstić information content (AvgIpc) is 2.19. The van der Waals surface area contributed by atoms with Crippen molar-refractivity contribution in [1.82, 2.24) is 5.32 Å². The fourth-order valence-corrected chi connectivity index (χ4v) is 1.67. The fraction of sp³-hybridized carbons (Fsp3) is 0.364. The summed E-state index contributed by atoms with van der Waals surface area (Å²) in [5.74, 6) is 0. The quantitative estimate of drug-likeness (QED) is 0.728. The van der Waals surface area contributed by atoms with Crippen molar-refractivity contribution in [2.24, 2.45) is 0 Å².